The third-order valence-electron chi connectivity index (χ3n) is 3.45. The molecule has 0 heterocycles. The Bertz CT molecular complexity index is 479. The topological polar surface area (TPSA) is 54.4 Å². The third-order valence-corrected chi connectivity index (χ3v) is 4.72. The molecule has 3 nitrogen and oxygen atoms in total. The first-order valence-electron chi connectivity index (χ1n) is 5.54. The van der Waals surface area contributed by atoms with Gasteiger partial charge in [0, 0.05) is 5.92 Å². The second-order valence-electron chi connectivity index (χ2n) is 4.42. The van der Waals surface area contributed by atoms with Gasteiger partial charge < -0.3 is 0 Å². The SMILES string of the molecule is CC(C1CCCc2ccccc21)S(=O)(=O)O. The Balaban J connectivity index is 2.39. The molecular formula is C12H16O3S. The molecule has 0 aliphatic heterocycles. The smallest absolute Gasteiger partial charge is 0.268 e. The minimum absolute atomic E-state index is 0.0695. The first kappa shape index (κ1) is 11.6. The molecule has 0 aromatic heterocycles. The summed E-state index contributed by atoms with van der Waals surface area (Å²) in [7, 11) is -3.95. The van der Waals surface area contributed by atoms with E-state index >= 15 is 0 Å². The largest absolute Gasteiger partial charge is 0.285 e. The lowest BCUT2D eigenvalue weighted by Crippen LogP contribution is -2.27. The molecule has 1 aromatic rings. The van der Waals surface area contributed by atoms with Gasteiger partial charge in [0.2, 0.25) is 0 Å². The number of hydrogen-bond acceptors (Lipinski definition) is 2. The lowest BCUT2D eigenvalue weighted by Gasteiger charge is -2.28. The molecule has 0 fully saturated rings. The van der Waals surface area contributed by atoms with E-state index in [1.54, 1.807) is 6.92 Å². The maximum Gasteiger partial charge on any atom is 0.268 e. The minimum atomic E-state index is -3.95. The molecule has 1 aliphatic carbocycles. The lowest BCUT2D eigenvalue weighted by atomic mass is 9.81. The molecule has 1 aliphatic rings. The van der Waals surface area contributed by atoms with E-state index in [-0.39, 0.29) is 5.92 Å². The van der Waals surface area contributed by atoms with Crippen LogP contribution in [0.3, 0.4) is 0 Å². The van der Waals surface area contributed by atoms with E-state index in [9.17, 15) is 8.42 Å². The predicted octanol–water partition coefficient (Wildman–Crippen LogP) is 2.38. The second kappa shape index (κ2) is 4.18. The average molecular weight is 240 g/mol. The quantitative estimate of drug-likeness (QED) is 0.807. The summed E-state index contributed by atoms with van der Waals surface area (Å²) in [5.41, 5.74) is 2.30. The molecule has 2 rings (SSSR count). The van der Waals surface area contributed by atoms with Gasteiger partial charge in [-0.15, -0.1) is 0 Å². The summed E-state index contributed by atoms with van der Waals surface area (Å²) < 4.78 is 31.5. The third kappa shape index (κ3) is 2.13. The van der Waals surface area contributed by atoms with Crippen molar-refractivity contribution in [3.63, 3.8) is 0 Å². The summed E-state index contributed by atoms with van der Waals surface area (Å²) in [5, 5.41) is -0.714. The van der Waals surface area contributed by atoms with Crippen molar-refractivity contribution in [1.29, 1.82) is 0 Å². The van der Waals surface area contributed by atoms with Crippen molar-refractivity contribution in [2.45, 2.75) is 37.4 Å². The Kier molecular flexibility index (Phi) is 3.04. The van der Waals surface area contributed by atoms with E-state index < -0.39 is 15.4 Å². The van der Waals surface area contributed by atoms with Crippen LogP contribution in [-0.4, -0.2) is 18.2 Å². The van der Waals surface area contributed by atoms with Gasteiger partial charge >= 0.3 is 0 Å². The fourth-order valence-corrected chi connectivity index (χ4v) is 3.18. The first-order chi connectivity index (χ1) is 7.50. The Morgan fingerprint density at radius 2 is 2.06 bits per heavy atom. The highest BCUT2D eigenvalue weighted by atomic mass is 32.2. The summed E-state index contributed by atoms with van der Waals surface area (Å²) in [6.45, 7) is 1.59. The van der Waals surface area contributed by atoms with Crippen LogP contribution >= 0.6 is 0 Å². The van der Waals surface area contributed by atoms with E-state index in [0.29, 0.717) is 0 Å². The zero-order chi connectivity index (χ0) is 11.8. The number of hydrogen-bond donors (Lipinski definition) is 1. The number of benzene rings is 1. The van der Waals surface area contributed by atoms with Crippen LogP contribution in [-0.2, 0) is 16.5 Å². The molecular weight excluding hydrogens is 224 g/mol. The molecule has 0 saturated carbocycles. The summed E-state index contributed by atoms with van der Waals surface area (Å²) in [5.74, 6) is -0.0695. The van der Waals surface area contributed by atoms with E-state index in [2.05, 4.69) is 0 Å². The van der Waals surface area contributed by atoms with Gasteiger partial charge in [-0.25, -0.2) is 0 Å². The van der Waals surface area contributed by atoms with E-state index in [0.717, 1.165) is 24.8 Å². The Hall–Kier alpha value is -0.870. The predicted molar refractivity (Wildman–Crippen MR) is 63.1 cm³/mol. The fraction of sp³-hybridized carbons (Fsp3) is 0.500. The highest BCUT2D eigenvalue weighted by molar-refractivity contribution is 7.86. The van der Waals surface area contributed by atoms with Crippen LogP contribution in [0, 0.1) is 0 Å². The highest BCUT2D eigenvalue weighted by Crippen LogP contribution is 2.35. The van der Waals surface area contributed by atoms with Gasteiger partial charge in [0.25, 0.3) is 10.1 Å². The monoisotopic (exact) mass is 240 g/mol. The van der Waals surface area contributed by atoms with Gasteiger partial charge in [0.15, 0.2) is 0 Å². The molecule has 0 saturated heterocycles. The summed E-state index contributed by atoms with van der Waals surface area (Å²) in [6.07, 6.45) is 2.82. The van der Waals surface area contributed by atoms with Crippen LogP contribution in [0.2, 0.25) is 0 Å². The van der Waals surface area contributed by atoms with Crippen LogP contribution in [0.1, 0.15) is 36.8 Å². The molecule has 0 bridgehead atoms. The Morgan fingerprint density at radius 1 is 1.38 bits per heavy atom. The Labute approximate surface area is 96.2 Å². The Morgan fingerprint density at radius 3 is 2.75 bits per heavy atom. The van der Waals surface area contributed by atoms with Crippen LogP contribution in [0.25, 0.3) is 0 Å². The van der Waals surface area contributed by atoms with Gasteiger partial charge in [0.1, 0.15) is 0 Å². The molecule has 0 radical (unpaired) electrons. The molecule has 1 N–H and O–H groups in total. The summed E-state index contributed by atoms with van der Waals surface area (Å²) >= 11 is 0. The van der Waals surface area contributed by atoms with Crippen molar-refractivity contribution in [1.82, 2.24) is 0 Å². The normalized spacial score (nSPS) is 22.5. The average Bonchev–Trinajstić information content (AvgIpc) is 2.26. The van der Waals surface area contributed by atoms with Gasteiger partial charge in [-0.2, -0.15) is 8.42 Å². The molecule has 4 heteroatoms. The van der Waals surface area contributed by atoms with Gasteiger partial charge in [0.05, 0.1) is 5.25 Å². The van der Waals surface area contributed by atoms with Crippen molar-refractivity contribution in [3.8, 4) is 0 Å². The van der Waals surface area contributed by atoms with Gasteiger partial charge in [-0.05, 0) is 37.3 Å². The van der Waals surface area contributed by atoms with Crippen LogP contribution in [0.4, 0.5) is 0 Å². The number of aryl methyl sites for hydroxylation is 1. The van der Waals surface area contributed by atoms with Crippen molar-refractivity contribution >= 4 is 10.1 Å². The standard InChI is InChI=1S/C12H16O3S/c1-9(16(13,14)15)11-8-4-6-10-5-2-3-7-12(10)11/h2-3,5,7,9,11H,4,6,8H2,1H3,(H,13,14,15). The molecule has 0 spiro atoms. The maximum atomic E-state index is 11.2. The van der Waals surface area contributed by atoms with Crippen LogP contribution in [0.5, 0.6) is 0 Å². The van der Waals surface area contributed by atoms with Crippen molar-refractivity contribution < 1.29 is 13.0 Å². The van der Waals surface area contributed by atoms with Gasteiger partial charge in [-0.3, -0.25) is 4.55 Å². The molecule has 88 valence electrons. The minimum Gasteiger partial charge on any atom is -0.285 e. The zero-order valence-corrected chi connectivity index (χ0v) is 10.1. The van der Waals surface area contributed by atoms with E-state index in [4.69, 9.17) is 4.55 Å². The first-order valence-corrected chi connectivity index (χ1v) is 7.04. The van der Waals surface area contributed by atoms with E-state index in [1.165, 1.54) is 5.56 Å². The zero-order valence-electron chi connectivity index (χ0n) is 9.26. The molecule has 1 aromatic carbocycles. The van der Waals surface area contributed by atoms with E-state index in [1.807, 2.05) is 24.3 Å². The fourth-order valence-electron chi connectivity index (χ4n) is 2.49. The number of fused-ring (bicyclic) bond motifs is 1. The number of rotatable bonds is 2. The van der Waals surface area contributed by atoms with Crippen molar-refractivity contribution in [3.05, 3.63) is 35.4 Å². The van der Waals surface area contributed by atoms with Crippen LogP contribution < -0.4 is 0 Å². The summed E-state index contributed by atoms with van der Waals surface area (Å²) in [6, 6.07) is 7.91. The summed E-state index contributed by atoms with van der Waals surface area (Å²) in [4.78, 5) is 0. The molecule has 2 unspecified atom stereocenters. The lowest BCUT2D eigenvalue weighted by molar-refractivity contribution is 0.443. The van der Waals surface area contributed by atoms with Crippen molar-refractivity contribution in [2.24, 2.45) is 0 Å². The second-order valence-corrected chi connectivity index (χ2v) is 6.19. The molecule has 16 heavy (non-hydrogen) atoms. The maximum absolute atomic E-state index is 11.2. The van der Waals surface area contributed by atoms with Gasteiger partial charge in [-0.1, -0.05) is 24.3 Å². The van der Waals surface area contributed by atoms with Crippen LogP contribution in [0.15, 0.2) is 24.3 Å². The van der Waals surface area contributed by atoms with Crippen molar-refractivity contribution in [2.75, 3.05) is 0 Å². The molecule has 2 atom stereocenters. The highest BCUT2D eigenvalue weighted by Gasteiger charge is 2.31. The molecule has 0 amide bonds.